The molecule has 3 nitrogen and oxygen atoms in total. The van der Waals surface area contributed by atoms with Gasteiger partial charge in [-0.1, -0.05) is 13.3 Å². The van der Waals surface area contributed by atoms with E-state index in [9.17, 15) is 8.42 Å². The summed E-state index contributed by atoms with van der Waals surface area (Å²) in [5.74, 6) is 0. The van der Waals surface area contributed by atoms with Crippen LogP contribution in [0.2, 0.25) is 0 Å². The van der Waals surface area contributed by atoms with Gasteiger partial charge in [0.05, 0.1) is 5.25 Å². The number of hydrogen-bond acceptors (Lipinski definition) is 2. The van der Waals surface area contributed by atoms with Crippen LogP contribution in [0.15, 0.2) is 0 Å². The standard InChI is InChI=1S/C9H21NO2S/c1-6-7-9(4)10(5)13(11,12)8(2)3/h8-9H,6-7H2,1-5H3. The smallest absolute Gasteiger partial charge is 0.212 e. The van der Waals surface area contributed by atoms with Crippen molar-refractivity contribution in [3.63, 3.8) is 0 Å². The number of hydrogen-bond donors (Lipinski definition) is 0. The zero-order valence-electron chi connectivity index (χ0n) is 9.24. The minimum atomic E-state index is -3.06. The Labute approximate surface area is 82.2 Å². The van der Waals surface area contributed by atoms with Crippen molar-refractivity contribution >= 4 is 10.0 Å². The van der Waals surface area contributed by atoms with Crippen LogP contribution < -0.4 is 0 Å². The summed E-state index contributed by atoms with van der Waals surface area (Å²) < 4.78 is 24.8. The molecule has 80 valence electrons. The van der Waals surface area contributed by atoms with E-state index in [-0.39, 0.29) is 11.3 Å². The van der Waals surface area contributed by atoms with Gasteiger partial charge in [-0.3, -0.25) is 0 Å². The van der Waals surface area contributed by atoms with Gasteiger partial charge in [-0.05, 0) is 27.2 Å². The minimum Gasteiger partial charge on any atom is -0.212 e. The number of sulfonamides is 1. The predicted molar refractivity (Wildman–Crippen MR) is 56.2 cm³/mol. The third-order valence-electron chi connectivity index (χ3n) is 2.32. The Morgan fingerprint density at radius 3 is 2.00 bits per heavy atom. The number of rotatable bonds is 5. The lowest BCUT2D eigenvalue weighted by Gasteiger charge is -2.25. The molecule has 0 amide bonds. The van der Waals surface area contributed by atoms with Crippen LogP contribution in [0.5, 0.6) is 0 Å². The Bertz CT molecular complexity index is 234. The van der Waals surface area contributed by atoms with Crippen LogP contribution in [-0.4, -0.2) is 31.1 Å². The molecule has 0 aromatic carbocycles. The molecule has 13 heavy (non-hydrogen) atoms. The molecule has 0 fully saturated rings. The van der Waals surface area contributed by atoms with E-state index in [0.717, 1.165) is 12.8 Å². The molecule has 1 unspecified atom stereocenters. The van der Waals surface area contributed by atoms with Crippen molar-refractivity contribution in [3.05, 3.63) is 0 Å². The summed E-state index contributed by atoms with van der Waals surface area (Å²) in [6.45, 7) is 7.44. The Balaban J connectivity index is 4.50. The molecule has 0 aliphatic carbocycles. The molecule has 4 heteroatoms. The summed E-state index contributed by atoms with van der Waals surface area (Å²) in [6, 6.07) is 0.109. The molecule has 0 spiro atoms. The monoisotopic (exact) mass is 207 g/mol. The van der Waals surface area contributed by atoms with Gasteiger partial charge in [0.15, 0.2) is 0 Å². The quantitative estimate of drug-likeness (QED) is 0.690. The molecule has 0 aliphatic rings. The van der Waals surface area contributed by atoms with Gasteiger partial charge < -0.3 is 0 Å². The summed E-state index contributed by atoms with van der Waals surface area (Å²) in [7, 11) is -1.40. The normalized spacial score (nSPS) is 15.3. The molecule has 0 aromatic heterocycles. The van der Waals surface area contributed by atoms with Crippen LogP contribution >= 0.6 is 0 Å². The third kappa shape index (κ3) is 3.27. The number of nitrogens with zero attached hydrogens (tertiary/aromatic N) is 1. The van der Waals surface area contributed by atoms with Crippen molar-refractivity contribution in [3.8, 4) is 0 Å². The van der Waals surface area contributed by atoms with E-state index in [1.807, 2.05) is 6.92 Å². The topological polar surface area (TPSA) is 37.4 Å². The second-order valence-electron chi connectivity index (χ2n) is 3.75. The Kier molecular flexibility index (Phi) is 4.92. The Morgan fingerprint density at radius 1 is 1.23 bits per heavy atom. The highest BCUT2D eigenvalue weighted by atomic mass is 32.2. The van der Waals surface area contributed by atoms with Gasteiger partial charge >= 0.3 is 0 Å². The molecular weight excluding hydrogens is 186 g/mol. The van der Waals surface area contributed by atoms with Crippen molar-refractivity contribution in [2.24, 2.45) is 0 Å². The molecule has 0 rings (SSSR count). The van der Waals surface area contributed by atoms with Crippen LogP contribution in [-0.2, 0) is 10.0 Å². The molecule has 1 atom stereocenters. The highest BCUT2D eigenvalue weighted by molar-refractivity contribution is 7.89. The summed E-state index contributed by atoms with van der Waals surface area (Å²) in [5.41, 5.74) is 0. The molecule has 0 saturated heterocycles. The molecule has 0 aliphatic heterocycles. The summed E-state index contributed by atoms with van der Waals surface area (Å²) in [5, 5.41) is -0.322. The van der Waals surface area contributed by atoms with Crippen LogP contribution in [0, 0.1) is 0 Å². The molecular formula is C9H21NO2S. The van der Waals surface area contributed by atoms with Gasteiger partial charge in [-0.25, -0.2) is 12.7 Å². The highest BCUT2D eigenvalue weighted by Crippen LogP contribution is 2.13. The van der Waals surface area contributed by atoms with Crippen LogP contribution in [0.25, 0.3) is 0 Å². The predicted octanol–water partition coefficient (Wildman–Crippen LogP) is 1.84. The summed E-state index contributed by atoms with van der Waals surface area (Å²) in [4.78, 5) is 0. The maximum absolute atomic E-state index is 11.7. The lowest BCUT2D eigenvalue weighted by atomic mass is 10.2. The Hall–Kier alpha value is -0.0900. The maximum Gasteiger partial charge on any atom is 0.216 e. The molecule has 0 heterocycles. The molecule has 0 bridgehead atoms. The largest absolute Gasteiger partial charge is 0.216 e. The van der Waals surface area contributed by atoms with Crippen LogP contribution in [0.3, 0.4) is 0 Å². The fourth-order valence-electron chi connectivity index (χ4n) is 1.18. The van der Waals surface area contributed by atoms with E-state index >= 15 is 0 Å². The maximum atomic E-state index is 11.7. The third-order valence-corrected chi connectivity index (χ3v) is 4.68. The minimum absolute atomic E-state index is 0.109. The zero-order valence-corrected chi connectivity index (χ0v) is 10.1. The molecule has 0 N–H and O–H groups in total. The van der Waals surface area contributed by atoms with Crippen molar-refractivity contribution in [1.29, 1.82) is 0 Å². The average molecular weight is 207 g/mol. The Morgan fingerprint density at radius 2 is 1.69 bits per heavy atom. The van der Waals surface area contributed by atoms with Crippen molar-refractivity contribution in [2.45, 2.75) is 51.8 Å². The average Bonchev–Trinajstić information content (AvgIpc) is 2.03. The van der Waals surface area contributed by atoms with Crippen molar-refractivity contribution in [2.75, 3.05) is 7.05 Å². The van der Waals surface area contributed by atoms with Crippen LogP contribution in [0.4, 0.5) is 0 Å². The lowest BCUT2D eigenvalue weighted by Crippen LogP contribution is -2.39. The van der Waals surface area contributed by atoms with Gasteiger partial charge in [0, 0.05) is 13.1 Å². The van der Waals surface area contributed by atoms with Gasteiger partial charge in [-0.15, -0.1) is 0 Å². The van der Waals surface area contributed by atoms with E-state index in [1.165, 1.54) is 4.31 Å². The lowest BCUT2D eigenvalue weighted by molar-refractivity contribution is 0.365. The first-order valence-electron chi connectivity index (χ1n) is 4.80. The summed E-state index contributed by atoms with van der Waals surface area (Å²) >= 11 is 0. The van der Waals surface area contributed by atoms with Crippen LogP contribution in [0.1, 0.15) is 40.5 Å². The van der Waals surface area contributed by atoms with Gasteiger partial charge in [-0.2, -0.15) is 0 Å². The molecule has 0 aromatic rings. The van der Waals surface area contributed by atoms with E-state index in [0.29, 0.717) is 0 Å². The SMILES string of the molecule is CCCC(C)N(C)S(=O)(=O)C(C)C. The van der Waals surface area contributed by atoms with Gasteiger partial charge in [0.2, 0.25) is 10.0 Å². The van der Waals surface area contributed by atoms with Crippen molar-refractivity contribution in [1.82, 2.24) is 4.31 Å². The van der Waals surface area contributed by atoms with Gasteiger partial charge in [0.1, 0.15) is 0 Å². The first-order valence-corrected chi connectivity index (χ1v) is 6.31. The van der Waals surface area contributed by atoms with E-state index in [1.54, 1.807) is 20.9 Å². The van der Waals surface area contributed by atoms with Crippen molar-refractivity contribution < 1.29 is 8.42 Å². The zero-order chi connectivity index (χ0) is 10.6. The van der Waals surface area contributed by atoms with E-state index in [4.69, 9.17) is 0 Å². The molecule has 0 radical (unpaired) electrons. The fraction of sp³-hybridized carbons (Fsp3) is 1.00. The first kappa shape index (κ1) is 12.9. The van der Waals surface area contributed by atoms with E-state index < -0.39 is 10.0 Å². The second kappa shape index (κ2) is 4.96. The van der Waals surface area contributed by atoms with E-state index in [2.05, 4.69) is 6.92 Å². The summed E-state index contributed by atoms with van der Waals surface area (Å²) in [6.07, 6.45) is 1.93. The highest BCUT2D eigenvalue weighted by Gasteiger charge is 2.25. The van der Waals surface area contributed by atoms with Gasteiger partial charge in [0.25, 0.3) is 0 Å². The molecule has 0 saturated carbocycles. The first-order chi connectivity index (χ1) is 5.84. The fourth-order valence-corrected chi connectivity index (χ4v) is 2.46. The second-order valence-corrected chi connectivity index (χ2v) is 6.30.